The van der Waals surface area contributed by atoms with Gasteiger partial charge in [-0.3, -0.25) is 4.79 Å². The molecule has 0 aliphatic rings. The first-order chi connectivity index (χ1) is 10.8. The molecule has 4 nitrogen and oxygen atoms in total. The number of hydrogen-bond acceptors (Lipinski definition) is 4. The molecular formula is C15H6Br4O4. The monoisotopic (exact) mass is 566 g/mol. The molecule has 0 unspecified atom stereocenters. The second kappa shape index (κ2) is 6.23. The number of hydrogen-bond donors (Lipinski definition) is 2. The Labute approximate surface area is 163 Å². The molecule has 0 fully saturated rings. The Hall–Kier alpha value is -0.830. The first-order valence-corrected chi connectivity index (χ1v) is 9.29. The third kappa shape index (κ3) is 2.86. The Morgan fingerprint density at radius 1 is 0.870 bits per heavy atom. The molecule has 0 bridgehead atoms. The van der Waals surface area contributed by atoms with Gasteiger partial charge >= 0.3 is 0 Å². The summed E-state index contributed by atoms with van der Waals surface area (Å²) in [6.07, 6.45) is 1.33. The predicted octanol–water partition coefficient (Wildman–Crippen LogP) is 5.92. The van der Waals surface area contributed by atoms with Crippen LogP contribution in [0.25, 0.3) is 22.1 Å². The molecule has 0 spiro atoms. The summed E-state index contributed by atoms with van der Waals surface area (Å²) in [5.41, 5.74) is 0.925. The average molecular weight is 570 g/mol. The minimum absolute atomic E-state index is 0.0384. The lowest BCUT2D eigenvalue weighted by atomic mass is 10.1. The van der Waals surface area contributed by atoms with Crippen LogP contribution in [0.2, 0.25) is 0 Å². The quantitative estimate of drug-likeness (QED) is 0.382. The SMILES string of the molecule is O=c1c(-c2cc(Br)c(O)c(Br)c2)coc2c(Br)c(O)c(Br)cc12. The van der Waals surface area contributed by atoms with Crippen LogP contribution in [-0.4, -0.2) is 10.2 Å². The van der Waals surface area contributed by atoms with Gasteiger partial charge in [0.15, 0.2) is 5.58 Å². The van der Waals surface area contributed by atoms with Crippen LogP contribution in [0.3, 0.4) is 0 Å². The second-order valence-electron chi connectivity index (χ2n) is 4.66. The van der Waals surface area contributed by atoms with E-state index in [2.05, 4.69) is 63.7 Å². The van der Waals surface area contributed by atoms with Crippen molar-refractivity contribution in [1.29, 1.82) is 0 Å². The van der Waals surface area contributed by atoms with Crippen LogP contribution in [-0.2, 0) is 0 Å². The van der Waals surface area contributed by atoms with Gasteiger partial charge in [0.05, 0.1) is 24.4 Å². The van der Waals surface area contributed by atoms with Gasteiger partial charge in [0.2, 0.25) is 5.43 Å². The molecule has 118 valence electrons. The Kier molecular flexibility index (Phi) is 4.61. The minimum atomic E-state index is -0.253. The summed E-state index contributed by atoms with van der Waals surface area (Å²) in [6, 6.07) is 4.76. The van der Waals surface area contributed by atoms with Crippen LogP contribution in [0.15, 0.2) is 51.6 Å². The standard InChI is InChI=1S/C15H6Br4O4/c16-8-1-5(2-9(17)13(8)21)7-4-23-15-6(12(7)20)3-10(18)14(22)11(15)19/h1-4,21-22H. The van der Waals surface area contributed by atoms with E-state index in [0.29, 0.717) is 34.4 Å². The summed E-state index contributed by atoms with van der Waals surface area (Å²) in [5, 5.41) is 20.0. The van der Waals surface area contributed by atoms with E-state index in [9.17, 15) is 15.0 Å². The first kappa shape index (κ1) is 17.0. The van der Waals surface area contributed by atoms with Gasteiger partial charge in [0, 0.05) is 0 Å². The first-order valence-electron chi connectivity index (χ1n) is 6.12. The Morgan fingerprint density at radius 2 is 1.43 bits per heavy atom. The van der Waals surface area contributed by atoms with E-state index in [1.165, 1.54) is 12.3 Å². The van der Waals surface area contributed by atoms with Crippen LogP contribution in [0.4, 0.5) is 0 Å². The molecular weight excluding hydrogens is 564 g/mol. The van der Waals surface area contributed by atoms with Gasteiger partial charge in [-0.2, -0.15) is 0 Å². The normalized spacial score (nSPS) is 11.1. The van der Waals surface area contributed by atoms with E-state index in [1.807, 2.05) is 0 Å². The zero-order valence-electron chi connectivity index (χ0n) is 11.0. The van der Waals surface area contributed by atoms with Crippen LogP contribution in [0.1, 0.15) is 0 Å². The number of fused-ring (bicyclic) bond motifs is 1. The fourth-order valence-corrected chi connectivity index (χ4v) is 4.51. The van der Waals surface area contributed by atoms with Crippen molar-refractivity contribution in [2.45, 2.75) is 0 Å². The summed E-state index contributed by atoms with van der Waals surface area (Å²) < 4.78 is 7.13. The third-order valence-corrected chi connectivity index (χ3v) is 5.81. The van der Waals surface area contributed by atoms with Gasteiger partial charge in [-0.1, -0.05) is 0 Å². The maximum Gasteiger partial charge on any atom is 0.200 e. The molecule has 8 heteroatoms. The van der Waals surface area contributed by atoms with E-state index >= 15 is 0 Å². The summed E-state index contributed by atoms with van der Waals surface area (Å²) in [4.78, 5) is 12.8. The summed E-state index contributed by atoms with van der Waals surface area (Å²) in [7, 11) is 0. The molecule has 23 heavy (non-hydrogen) atoms. The van der Waals surface area contributed by atoms with Gasteiger partial charge in [-0.15, -0.1) is 0 Å². The lowest BCUT2D eigenvalue weighted by Crippen LogP contribution is -2.05. The zero-order chi connectivity index (χ0) is 16.9. The second-order valence-corrected chi connectivity index (χ2v) is 8.02. The van der Waals surface area contributed by atoms with Gasteiger partial charge < -0.3 is 14.6 Å². The highest BCUT2D eigenvalue weighted by Gasteiger charge is 2.17. The smallest absolute Gasteiger partial charge is 0.200 e. The molecule has 1 heterocycles. The van der Waals surface area contributed by atoms with E-state index in [0.717, 1.165) is 0 Å². The largest absolute Gasteiger partial charge is 0.506 e. The fourth-order valence-electron chi connectivity index (χ4n) is 2.11. The van der Waals surface area contributed by atoms with Gasteiger partial charge in [0.1, 0.15) is 22.2 Å². The van der Waals surface area contributed by atoms with E-state index in [4.69, 9.17) is 4.42 Å². The predicted molar refractivity (Wildman–Crippen MR) is 102 cm³/mol. The number of benzene rings is 2. The highest BCUT2D eigenvalue weighted by molar-refractivity contribution is 9.11. The maximum absolute atomic E-state index is 12.8. The third-order valence-electron chi connectivity index (χ3n) is 3.26. The molecule has 2 N–H and O–H groups in total. The summed E-state index contributed by atoms with van der Waals surface area (Å²) in [6.45, 7) is 0. The van der Waals surface area contributed by atoms with Crippen molar-refractivity contribution in [3.63, 3.8) is 0 Å². The van der Waals surface area contributed by atoms with E-state index in [-0.39, 0.29) is 22.5 Å². The van der Waals surface area contributed by atoms with E-state index < -0.39 is 0 Å². The lowest BCUT2D eigenvalue weighted by Gasteiger charge is -2.08. The van der Waals surface area contributed by atoms with Crippen LogP contribution in [0, 0.1) is 0 Å². The van der Waals surface area contributed by atoms with Crippen LogP contribution < -0.4 is 5.43 Å². The molecule has 0 atom stereocenters. The minimum Gasteiger partial charge on any atom is -0.506 e. The fraction of sp³-hybridized carbons (Fsp3) is 0. The highest BCUT2D eigenvalue weighted by Crippen LogP contribution is 2.39. The molecule has 3 rings (SSSR count). The van der Waals surface area contributed by atoms with Crippen molar-refractivity contribution in [3.05, 3.63) is 52.6 Å². The Bertz CT molecular complexity index is 988. The molecule has 0 aliphatic carbocycles. The molecule has 1 aromatic heterocycles. The van der Waals surface area contributed by atoms with Crippen molar-refractivity contribution in [1.82, 2.24) is 0 Å². The molecule has 0 aliphatic heterocycles. The topological polar surface area (TPSA) is 70.7 Å². The van der Waals surface area contributed by atoms with Crippen molar-refractivity contribution >= 4 is 74.7 Å². The van der Waals surface area contributed by atoms with Gasteiger partial charge in [-0.05, 0) is 87.5 Å². The number of phenols is 2. The van der Waals surface area contributed by atoms with Crippen LogP contribution in [0.5, 0.6) is 11.5 Å². The summed E-state index contributed by atoms with van der Waals surface area (Å²) in [5.74, 6) is 0.0119. The van der Waals surface area contributed by atoms with Crippen molar-refractivity contribution < 1.29 is 14.6 Å². The Morgan fingerprint density at radius 3 is 2.04 bits per heavy atom. The van der Waals surface area contributed by atoms with Gasteiger partial charge in [-0.25, -0.2) is 0 Å². The van der Waals surface area contributed by atoms with E-state index in [1.54, 1.807) is 12.1 Å². The average Bonchev–Trinajstić information content (AvgIpc) is 2.51. The summed E-state index contributed by atoms with van der Waals surface area (Å²) >= 11 is 12.9. The number of aromatic hydroxyl groups is 2. The van der Waals surface area contributed by atoms with Crippen LogP contribution >= 0.6 is 63.7 Å². The molecule has 0 radical (unpaired) electrons. The van der Waals surface area contributed by atoms with Crippen molar-refractivity contribution in [2.75, 3.05) is 0 Å². The highest BCUT2D eigenvalue weighted by atomic mass is 79.9. The molecule has 0 amide bonds. The maximum atomic E-state index is 12.8. The number of phenolic OH excluding ortho intramolecular Hbond substituents is 2. The van der Waals surface area contributed by atoms with Crippen molar-refractivity contribution in [2.24, 2.45) is 0 Å². The number of halogens is 4. The Balaban J connectivity index is 2.35. The molecule has 3 aromatic rings. The van der Waals surface area contributed by atoms with Gasteiger partial charge in [0.25, 0.3) is 0 Å². The van der Waals surface area contributed by atoms with Crippen molar-refractivity contribution in [3.8, 4) is 22.6 Å². The lowest BCUT2D eigenvalue weighted by molar-refractivity contribution is 0.466. The zero-order valence-corrected chi connectivity index (χ0v) is 17.4. The molecule has 0 saturated carbocycles. The molecule has 2 aromatic carbocycles. The molecule has 0 saturated heterocycles. The number of rotatable bonds is 1.